The van der Waals surface area contributed by atoms with Gasteiger partial charge in [0, 0.05) is 12.0 Å². The summed E-state index contributed by atoms with van der Waals surface area (Å²) in [4.78, 5) is 0. The van der Waals surface area contributed by atoms with Crippen LogP contribution in [0.25, 0.3) is 0 Å². The highest BCUT2D eigenvalue weighted by Gasteiger charge is 2.42. The van der Waals surface area contributed by atoms with Crippen molar-refractivity contribution in [2.45, 2.75) is 49.5 Å². The third-order valence-corrected chi connectivity index (χ3v) is 4.70. The molecule has 1 aliphatic carbocycles. The Balaban J connectivity index is 2.05. The first-order valence-electron chi connectivity index (χ1n) is 6.59. The van der Waals surface area contributed by atoms with E-state index in [0.717, 1.165) is 25.9 Å². The summed E-state index contributed by atoms with van der Waals surface area (Å²) in [7, 11) is 0. The quantitative estimate of drug-likeness (QED) is 0.627. The van der Waals surface area contributed by atoms with E-state index in [9.17, 15) is 0 Å². The van der Waals surface area contributed by atoms with Gasteiger partial charge in [-0.2, -0.15) is 0 Å². The molecule has 1 spiro atoms. The molecule has 3 unspecified atom stereocenters. The molecule has 0 saturated carbocycles. The molecule has 2 aliphatic rings. The average molecular weight is 251 g/mol. The maximum Gasteiger partial charge on any atom is 0.0948 e. The number of benzene rings is 1. The van der Waals surface area contributed by atoms with Gasteiger partial charge in [-0.05, 0) is 42.7 Å². The zero-order chi connectivity index (χ0) is 11.9. The smallest absolute Gasteiger partial charge is 0.0948 e. The van der Waals surface area contributed by atoms with E-state index < -0.39 is 0 Å². The Morgan fingerprint density at radius 1 is 1.29 bits per heavy atom. The zero-order valence-electron chi connectivity index (χ0n) is 10.3. The highest BCUT2D eigenvalue weighted by atomic mass is 35.5. The monoisotopic (exact) mass is 250 g/mol. The Labute approximate surface area is 108 Å². The summed E-state index contributed by atoms with van der Waals surface area (Å²) < 4.78 is 6.17. The molecule has 1 aliphatic heterocycles. The second kappa shape index (κ2) is 4.29. The molecule has 1 heterocycles. The van der Waals surface area contributed by atoms with Crippen LogP contribution in [0.3, 0.4) is 0 Å². The summed E-state index contributed by atoms with van der Waals surface area (Å²) in [5.41, 5.74) is 2.77. The third-order valence-electron chi connectivity index (χ3n) is 4.32. The topological polar surface area (TPSA) is 9.23 Å². The van der Waals surface area contributed by atoms with E-state index >= 15 is 0 Å². The highest BCUT2D eigenvalue weighted by Crippen LogP contribution is 2.48. The van der Waals surface area contributed by atoms with E-state index in [2.05, 4.69) is 31.2 Å². The zero-order valence-corrected chi connectivity index (χ0v) is 11.0. The summed E-state index contributed by atoms with van der Waals surface area (Å²) in [5.74, 6) is 0.649. The van der Waals surface area contributed by atoms with Crippen LogP contribution in [-0.4, -0.2) is 12.0 Å². The maximum absolute atomic E-state index is 6.36. The number of halogens is 1. The molecule has 1 aromatic rings. The van der Waals surface area contributed by atoms with Gasteiger partial charge in [0.05, 0.1) is 5.60 Å². The summed E-state index contributed by atoms with van der Waals surface area (Å²) in [6.07, 6.45) is 4.29. The molecule has 1 nitrogen and oxygen atoms in total. The lowest BCUT2D eigenvalue weighted by atomic mass is 9.71. The summed E-state index contributed by atoms with van der Waals surface area (Å²) in [6.45, 7) is 3.11. The predicted octanol–water partition coefficient (Wildman–Crippen LogP) is 4.20. The fourth-order valence-electron chi connectivity index (χ4n) is 3.34. The third kappa shape index (κ3) is 1.90. The Bertz CT molecular complexity index is 417. The minimum Gasteiger partial charge on any atom is -0.370 e. The lowest BCUT2D eigenvalue weighted by Crippen LogP contribution is -2.41. The molecule has 92 valence electrons. The second-order valence-electron chi connectivity index (χ2n) is 5.46. The molecular weight excluding hydrogens is 232 g/mol. The lowest BCUT2D eigenvalue weighted by molar-refractivity contribution is -0.0944. The van der Waals surface area contributed by atoms with Gasteiger partial charge < -0.3 is 4.74 Å². The molecule has 0 amide bonds. The molecule has 3 rings (SSSR count). The number of hydrogen-bond donors (Lipinski definition) is 0. The predicted molar refractivity (Wildman–Crippen MR) is 70.6 cm³/mol. The van der Waals surface area contributed by atoms with Crippen LogP contribution in [0.2, 0.25) is 0 Å². The van der Waals surface area contributed by atoms with Gasteiger partial charge in [0.25, 0.3) is 0 Å². The first kappa shape index (κ1) is 11.6. The van der Waals surface area contributed by atoms with Crippen LogP contribution < -0.4 is 0 Å². The van der Waals surface area contributed by atoms with Gasteiger partial charge in [-0.25, -0.2) is 0 Å². The lowest BCUT2D eigenvalue weighted by Gasteiger charge is -2.45. The van der Waals surface area contributed by atoms with Crippen LogP contribution in [0.5, 0.6) is 0 Å². The van der Waals surface area contributed by atoms with Crippen molar-refractivity contribution in [1.29, 1.82) is 0 Å². The molecular formula is C15H19ClO. The van der Waals surface area contributed by atoms with Crippen LogP contribution in [0, 0.1) is 0 Å². The van der Waals surface area contributed by atoms with Crippen LogP contribution in [0.15, 0.2) is 24.3 Å². The Kier molecular flexibility index (Phi) is 2.92. The number of fused-ring (bicyclic) bond motifs is 2. The van der Waals surface area contributed by atoms with E-state index in [0.29, 0.717) is 5.92 Å². The standard InChI is InChI=1S/C15H19ClO/c1-11-6-8-15(10-12(16)7-9-17-15)14-5-3-2-4-13(11)14/h2-5,11-12H,6-10H2,1H3. The van der Waals surface area contributed by atoms with E-state index in [4.69, 9.17) is 16.3 Å². The van der Waals surface area contributed by atoms with Crippen molar-refractivity contribution < 1.29 is 4.74 Å². The Morgan fingerprint density at radius 3 is 2.94 bits per heavy atom. The van der Waals surface area contributed by atoms with E-state index in [1.54, 1.807) is 0 Å². The molecule has 2 heteroatoms. The van der Waals surface area contributed by atoms with Gasteiger partial charge in [-0.15, -0.1) is 11.6 Å². The van der Waals surface area contributed by atoms with Crippen LogP contribution in [0.4, 0.5) is 0 Å². The number of ether oxygens (including phenoxy) is 1. The van der Waals surface area contributed by atoms with Crippen molar-refractivity contribution in [1.82, 2.24) is 0 Å². The van der Waals surface area contributed by atoms with Crippen molar-refractivity contribution in [2.75, 3.05) is 6.61 Å². The van der Waals surface area contributed by atoms with Gasteiger partial charge in [-0.3, -0.25) is 0 Å². The van der Waals surface area contributed by atoms with Gasteiger partial charge >= 0.3 is 0 Å². The summed E-state index contributed by atoms with van der Waals surface area (Å²) >= 11 is 6.36. The van der Waals surface area contributed by atoms with Crippen molar-refractivity contribution in [3.05, 3.63) is 35.4 Å². The SMILES string of the molecule is CC1CCC2(CC(Cl)CCO2)c2ccccc21. The van der Waals surface area contributed by atoms with E-state index in [-0.39, 0.29) is 11.0 Å². The van der Waals surface area contributed by atoms with Crippen LogP contribution in [0.1, 0.15) is 49.7 Å². The van der Waals surface area contributed by atoms with Gasteiger partial charge in [-0.1, -0.05) is 31.2 Å². The normalized spacial score (nSPS) is 36.8. The highest BCUT2D eigenvalue weighted by molar-refractivity contribution is 6.20. The van der Waals surface area contributed by atoms with Crippen molar-refractivity contribution in [3.63, 3.8) is 0 Å². The molecule has 0 radical (unpaired) electrons. The van der Waals surface area contributed by atoms with Gasteiger partial charge in [0.15, 0.2) is 0 Å². The van der Waals surface area contributed by atoms with Crippen molar-refractivity contribution in [2.24, 2.45) is 0 Å². The van der Waals surface area contributed by atoms with E-state index in [1.807, 2.05) is 0 Å². The molecule has 1 aromatic carbocycles. The molecule has 1 saturated heterocycles. The minimum atomic E-state index is -0.0895. The second-order valence-corrected chi connectivity index (χ2v) is 6.08. The molecule has 0 N–H and O–H groups in total. The van der Waals surface area contributed by atoms with Crippen molar-refractivity contribution in [3.8, 4) is 0 Å². The molecule has 0 aromatic heterocycles. The largest absolute Gasteiger partial charge is 0.370 e. The number of rotatable bonds is 0. The number of hydrogen-bond acceptors (Lipinski definition) is 1. The first-order valence-corrected chi connectivity index (χ1v) is 7.02. The van der Waals surface area contributed by atoms with Gasteiger partial charge in [0.2, 0.25) is 0 Å². The molecule has 0 bridgehead atoms. The molecule has 3 atom stereocenters. The van der Waals surface area contributed by atoms with Crippen LogP contribution >= 0.6 is 11.6 Å². The number of alkyl halides is 1. The molecule has 1 fully saturated rings. The Morgan fingerprint density at radius 2 is 2.12 bits per heavy atom. The Hall–Kier alpha value is -0.530. The van der Waals surface area contributed by atoms with Gasteiger partial charge in [0.1, 0.15) is 0 Å². The van der Waals surface area contributed by atoms with E-state index in [1.165, 1.54) is 17.5 Å². The van der Waals surface area contributed by atoms with Crippen LogP contribution in [-0.2, 0) is 10.3 Å². The minimum absolute atomic E-state index is 0.0895. The maximum atomic E-state index is 6.36. The average Bonchev–Trinajstić information content (AvgIpc) is 2.35. The molecule has 17 heavy (non-hydrogen) atoms. The first-order chi connectivity index (χ1) is 8.21. The summed E-state index contributed by atoms with van der Waals surface area (Å²) in [6, 6.07) is 8.75. The fourth-order valence-corrected chi connectivity index (χ4v) is 3.68. The summed E-state index contributed by atoms with van der Waals surface area (Å²) in [5, 5.41) is 0.269. The van der Waals surface area contributed by atoms with Crippen molar-refractivity contribution >= 4 is 11.6 Å². The fraction of sp³-hybridized carbons (Fsp3) is 0.600.